The zero-order valence-electron chi connectivity index (χ0n) is 10.5. The molecule has 0 aliphatic heterocycles. The van der Waals surface area contributed by atoms with Crippen LogP contribution in [0.15, 0.2) is 0 Å². The molecule has 15 heavy (non-hydrogen) atoms. The van der Waals surface area contributed by atoms with Crippen molar-refractivity contribution in [1.82, 2.24) is 0 Å². The first-order chi connectivity index (χ1) is 6.04. The summed E-state index contributed by atoms with van der Waals surface area (Å²) in [6, 6.07) is 0. The van der Waals surface area contributed by atoms with Gasteiger partial charge >= 0.3 is 66.4 Å². The van der Waals surface area contributed by atoms with Gasteiger partial charge in [0, 0.05) is 5.97 Å². The van der Waals surface area contributed by atoms with Gasteiger partial charge in [0.15, 0.2) is 0 Å². The second kappa shape index (κ2) is 20.7. The Labute approximate surface area is 135 Å². The molecule has 0 rings (SSSR count). The smallest absolute Gasteiger partial charge is 1.00 e. The molecule has 0 unspecified atom stereocenters. The zero-order valence-corrected chi connectivity index (χ0v) is 13.5. The van der Waals surface area contributed by atoms with Crippen LogP contribution in [0.25, 0.3) is 0 Å². The number of hydrogen-bond acceptors (Lipinski definition) is 6. The first kappa shape index (κ1) is 25.3. The Balaban J connectivity index is -0.0000000454. The molecule has 0 bridgehead atoms. The van der Waals surface area contributed by atoms with E-state index in [1.54, 1.807) is 0 Å². The van der Waals surface area contributed by atoms with Crippen LogP contribution >= 0.6 is 0 Å². The molecular weight excluding hydrogens is 225 g/mol. The maximum Gasteiger partial charge on any atom is 1.00 e. The first-order valence-corrected chi connectivity index (χ1v) is 3.90. The molecule has 0 fully saturated rings. The fraction of sp³-hybridized carbons (Fsp3) is 0.833. The molecule has 3 N–H and O–H groups in total. The maximum absolute atomic E-state index is 9.76. The van der Waals surface area contributed by atoms with Gasteiger partial charge in [-0.25, -0.2) is 4.81 Å². The first-order valence-electron chi connectivity index (χ1n) is 3.90. The van der Waals surface area contributed by atoms with Crippen molar-refractivity contribution in [3.63, 3.8) is 0 Å². The van der Waals surface area contributed by atoms with Crippen LogP contribution in [0.5, 0.6) is 0 Å². The molecule has 0 aliphatic carbocycles. The van der Waals surface area contributed by atoms with E-state index >= 15 is 0 Å². The molecule has 6 nitrogen and oxygen atoms in total. The Morgan fingerprint density at radius 1 is 1.40 bits per heavy atom. The molecule has 0 saturated carbocycles. The van der Waals surface area contributed by atoms with Gasteiger partial charge in [-0.2, -0.15) is 0 Å². The Kier molecular flexibility index (Phi) is 35.0. The molecule has 0 heterocycles. The van der Waals surface area contributed by atoms with Gasteiger partial charge in [-0.3, -0.25) is 5.26 Å². The van der Waals surface area contributed by atoms with E-state index in [0.717, 1.165) is 19.3 Å². The summed E-state index contributed by atoms with van der Waals surface area (Å²) in [5.74, 6) is -0.932. The molecule has 80 valence electrons. The summed E-state index contributed by atoms with van der Waals surface area (Å²) in [6.45, 7) is 2.04. The number of carbonyl (C=O) groups excluding carboxylic acids is 1. The SMILES string of the molecule is CCCCCC(=O)[O-].OOB(O)O.[H-].[Na+].[Na+]. The molecule has 0 aromatic heterocycles. The second-order valence-corrected chi connectivity index (χ2v) is 2.26. The molecule has 0 amide bonds. The van der Waals surface area contributed by atoms with E-state index in [2.05, 4.69) is 4.81 Å². The number of hydrogen-bond donors (Lipinski definition) is 3. The minimum Gasteiger partial charge on any atom is -1.00 e. The molecule has 0 atom stereocenters. The van der Waals surface area contributed by atoms with Gasteiger partial charge in [0.2, 0.25) is 0 Å². The molecule has 0 radical (unpaired) electrons. The molecular formula is C6H15BNa2O6. The van der Waals surface area contributed by atoms with Crippen molar-refractivity contribution in [2.75, 3.05) is 0 Å². The third-order valence-electron chi connectivity index (χ3n) is 1.08. The van der Waals surface area contributed by atoms with Gasteiger partial charge < -0.3 is 21.4 Å². The van der Waals surface area contributed by atoms with Gasteiger partial charge in [-0.15, -0.1) is 0 Å². The Morgan fingerprint density at radius 2 is 1.80 bits per heavy atom. The minimum absolute atomic E-state index is 0. The number of unbranched alkanes of at least 4 members (excludes halogenated alkanes) is 2. The fourth-order valence-electron chi connectivity index (χ4n) is 0.519. The van der Waals surface area contributed by atoms with Gasteiger partial charge in [0.05, 0.1) is 0 Å². The van der Waals surface area contributed by atoms with Crippen molar-refractivity contribution in [2.45, 2.75) is 32.6 Å². The van der Waals surface area contributed by atoms with Crippen LogP contribution in [0.4, 0.5) is 0 Å². The molecule has 0 saturated heterocycles. The monoisotopic (exact) mass is 240 g/mol. The van der Waals surface area contributed by atoms with E-state index in [9.17, 15) is 9.90 Å². The van der Waals surface area contributed by atoms with Gasteiger partial charge in [0.25, 0.3) is 0 Å². The van der Waals surface area contributed by atoms with E-state index in [-0.39, 0.29) is 67.0 Å². The molecule has 0 spiro atoms. The predicted octanol–water partition coefficient (Wildman–Crippen LogP) is -7.12. The van der Waals surface area contributed by atoms with Crippen LogP contribution < -0.4 is 64.2 Å². The normalized spacial score (nSPS) is 7.47. The van der Waals surface area contributed by atoms with Crippen LogP contribution in [-0.2, 0) is 9.60 Å². The largest absolute Gasteiger partial charge is 1.00 e. The number of carboxylic acid groups (broad SMARTS) is 1. The van der Waals surface area contributed by atoms with Crippen molar-refractivity contribution >= 4 is 13.3 Å². The number of carboxylic acids is 1. The quantitative estimate of drug-likeness (QED) is 0.190. The summed E-state index contributed by atoms with van der Waals surface area (Å²) in [5.41, 5.74) is 0. The molecule has 0 aromatic carbocycles. The van der Waals surface area contributed by atoms with E-state index in [1.807, 2.05) is 6.92 Å². The van der Waals surface area contributed by atoms with E-state index in [0.29, 0.717) is 0 Å². The molecule has 0 aromatic rings. The van der Waals surface area contributed by atoms with Crippen LogP contribution in [0.3, 0.4) is 0 Å². The van der Waals surface area contributed by atoms with Gasteiger partial charge in [-0.1, -0.05) is 19.8 Å². The van der Waals surface area contributed by atoms with Gasteiger partial charge in [-0.05, 0) is 12.8 Å². The van der Waals surface area contributed by atoms with Crippen LogP contribution in [0.2, 0.25) is 0 Å². The van der Waals surface area contributed by atoms with Crippen molar-refractivity contribution in [2.24, 2.45) is 0 Å². The van der Waals surface area contributed by atoms with Crippen molar-refractivity contribution in [1.29, 1.82) is 0 Å². The zero-order chi connectivity index (χ0) is 10.7. The Morgan fingerprint density at radius 3 is 2.00 bits per heavy atom. The summed E-state index contributed by atoms with van der Waals surface area (Å²) in [4.78, 5) is 12.6. The average Bonchev–Trinajstić information content (AvgIpc) is 2.05. The predicted molar refractivity (Wildman–Crippen MR) is 44.2 cm³/mol. The van der Waals surface area contributed by atoms with Crippen LogP contribution in [0.1, 0.15) is 34.0 Å². The number of rotatable bonds is 5. The summed E-state index contributed by atoms with van der Waals surface area (Å²) in [5, 5.41) is 31.8. The van der Waals surface area contributed by atoms with Crippen LogP contribution in [-0.4, -0.2) is 28.6 Å². The van der Waals surface area contributed by atoms with E-state index < -0.39 is 13.3 Å². The third kappa shape index (κ3) is 39.2. The topological polar surface area (TPSA) is 110 Å². The molecule has 9 heteroatoms. The third-order valence-corrected chi connectivity index (χ3v) is 1.08. The average molecular weight is 240 g/mol. The number of carbonyl (C=O) groups is 1. The summed E-state index contributed by atoms with van der Waals surface area (Å²) in [6.07, 6.45) is 3.04. The van der Waals surface area contributed by atoms with E-state index in [4.69, 9.17) is 15.3 Å². The van der Waals surface area contributed by atoms with Crippen molar-refractivity contribution < 1.29 is 90.6 Å². The Hall–Kier alpha value is 1.37. The van der Waals surface area contributed by atoms with Crippen LogP contribution in [0, 0.1) is 0 Å². The van der Waals surface area contributed by atoms with E-state index in [1.165, 1.54) is 0 Å². The summed E-state index contributed by atoms with van der Waals surface area (Å²) < 4.78 is 0. The Bertz CT molecular complexity index is 132. The molecule has 0 aliphatic rings. The minimum atomic E-state index is -2.06. The van der Waals surface area contributed by atoms with Gasteiger partial charge in [0.1, 0.15) is 0 Å². The maximum atomic E-state index is 9.76. The fourth-order valence-corrected chi connectivity index (χ4v) is 0.519. The second-order valence-electron chi connectivity index (χ2n) is 2.26. The number of aliphatic carboxylic acids is 1. The summed E-state index contributed by atoms with van der Waals surface area (Å²) in [7, 11) is -2.06. The standard InChI is InChI=1S/C6H12O2.BH3O4.2Na.H/c1-2-3-4-5-6(7)8;2-1(3)5-4;;;/h2-5H2,1H3,(H,7,8);2-4H;;;/q;;2*+1;-1/p-1. The van der Waals surface area contributed by atoms with Crippen molar-refractivity contribution in [3.8, 4) is 0 Å². The summed E-state index contributed by atoms with van der Waals surface area (Å²) >= 11 is 0. The van der Waals surface area contributed by atoms with Crippen molar-refractivity contribution in [3.05, 3.63) is 0 Å².